The Morgan fingerprint density at radius 2 is 1.95 bits per heavy atom. The SMILES string of the molecule is O=c1[nH]c2snc(CN3CCCC3)c2c2ccccc12. The van der Waals surface area contributed by atoms with Crippen LogP contribution >= 0.6 is 11.5 Å². The Kier molecular flexibility index (Phi) is 2.82. The highest BCUT2D eigenvalue weighted by atomic mass is 32.1. The minimum Gasteiger partial charge on any atom is -0.312 e. The Morgan fingerprint density at radius 1 is 1.20 bits per heavy atom. The van der Waals surface area contributed by atoms with E-state index < -0.39 is 0 Å². The van der Waals surface area contributed by atoms with Crippen molar-refractivity contribution >= 4 is 32.5 Å². The molecule has 0 radical (unpaired) electrons. The van der Waals surface area contributed by atoms with Crippen LogP contribution in [0, 0.1) is 0 Å². The molecule has 1 aromatic carbocycles. The van der Waals surface area contributed by atoms with Crippen molar-refractivity contribution < 1.29 is 0 Å². The van der Waals surface area contributed by atoms with E-state index in [0.29, 0.717) is 0 Å². The maximum absolute atomic E-state index is 12.1. The average Bonchev–Trinajstić information content (AvgIpc) is 3.10. The molecule has 5 heteroatoms. The van der Waals surface area contributed by atoms with E-state index in [4.69, 9.17) is 0 Å². The third-order valence-electron chi connectivity index (χ3n) is 4.00. The molecule has 0 amide bonds. The zero-order chi connectivity index (χ0) is 13.5. The molecule has 1 aliphatic heterocycles. The van der Waals surface area contributed by atoms with Crippen molar-refractivity contribution in [2.24, 2.45) is 0 Å². The number of hydrogen-bond acceptors (Lipinski definition) is 4. The number of pyridine rings is 1. The number of hydrogen-bond donors (Lipinski definition) is 1. The van der Waals surface area contributed by atoms with Gasteiger partial charge in [-0.3, -0.25) is 9.69 Å². The van der Waals surface area contributed by atoms with Crippen molar-refractivity contribution in [1.29, 1.82) is 0 Å². The van der Waals surface area contributed by atoms with E-state index in [-0.39, 0.29) is 5.56 Å². The van der Waals surface area contributed by atoms with E-state index in [9.17, 15) is 4.79 Å². The topological polar surface area (TPSA) is 49.0 Å². The number of H-pyrrole nitrogens is 1. The minimum absolute atomic E-state index is 0.0236. The highest BCUT2D eigenvalue weighted by Crippen LogP contribution is 2.28. The maximum Gasteiger partial charge on any atom is 0.256 e. The lowest BCUT2D eigenvalue weighted by Crippen LogP contribution is -2.18. The molecule has 1 saturated heterocycles. The summed E-state index contributed by atoms with van der Waals surface area (Å²) in [6.07, 6.45) is 2.55. The summed E-state index contributed by atoms with van der Waals surface area (Å²) in [5.74, 6) is 0. The Morgan fingerprint density at radius 3 is 2.75 bits per heavy atom. The normalized spacial score (nSPS) is 16.4. The number of aromatic amines is 1. The zero-order valence-corrected chi connectivity index (χ0v) is 11.9. The van der Waals surface area contributed by atoms with Gasteiger partial charge in [0.15, 0.2) is 0 Å². The minimum atomic E-state index is -0.0236. The van der Waals surface area contributed by atoms with Crippen molar-refractivity contribution in [3.05, 3.63) is 40.3 Å². The molecule has 3 aromatic rings. The highest BCUT2D eigenvalue weighted by molar-refractivity contribution is 7.13. The van der Waals surface area contributed by atoms with Gasteiger partial charge in [0.2, 0.25) is 0 Å². The molecule has 0 aliphatic carbocycles. The van der Waals surface area contributed by atoms with Crippen molar-refractivity contribution in [3.63, 3.8) is 0 Å². The van der Waals surface area contributed by atoms with E-state index in [1.165, 1.54) is 24.4 Å². The fourth-order valence-electron chi connectivity index (χ4n) is 3.02. The summed E-state index contributed by atoms with van der Waals surface area (Å²) in [5, 5.41) is 2.90. The van der Waals surface area contributed by atoms with Crippen LogP contribution in [0.1, 0.15) is 18.5 Å². The quantitative estimate of drug-likeness (QED) is 0.787. The molecular formula is C15H15N3OS. The van der Waals surface area contributed by atoms with Gasteiger partial charge in [-0.1, -0.05) is 18.2 Å². The highest BCUT2D eigenvalue weighted by Gasteiger charge is 2.17. The fraction of sp³-hybridized carbons (Fsp3) is 0.333. The van der Waals surface area contributed by atoms with Crippen molar-refractivity contribution in [3.8, 4) is 0 Å². The number of aromatic nitrogens is 2. The maximum atomic E-state index is 12.1. The number of benzene rings is 1. The second-order valence-corrected chi connectivity index (χ2v) is 6.09. The van der Waals surface area contributed by atoms with Crippen molar-refractivity contribution in [2.75, 3.05) is 13.1 Å². The van der Waals surface area contributed by atoms with Crippen LogP contribution in [-0.2, 0) is 6.54 Å². The number of rotatable bonds is 2. The van der Waals surface area contributed by atoms with Crippen LogP contribution in [0.25, 0.3) is 21.0 Å². The van der Waals surface area contributed by atoms with E-state index in [2.05, 4.69) is 14.3 Å². The third kappa shape index (κ3) is 1.85. The van der Waals surface area contributed by atoms with Gasteiger partial charge in [-0.05, 0) is 48.9 Å². The first-order valence-corrected chi connectivity index (χ1v) is 7.72. The second kappa shape index (κ2) is 4.68. The predicted molar refractivity (Wildman–Crippen MR) is 82.3 cm³/mol. The Balaban J connectivity index is 1.93. The first-order chi connectivity index (χ1) is 9.83. The van der Waals surface area contributed by atoms with Crippen LogP contribution < -0.4 is 5.56 Å². The summed E-state index contributed by atoms with van der Waals surface area (Å²) in [4.78, 5) is 18.3. The van der Waals surface area contributed by atoms with Gasteiger partial charge in [0.25, 0.3) is 5.56 Å². The van der Waals surface area contributed by atoms with Crippen LogP contribution in [0.3, 0.4) is 0 Å². The van der Waals surface area contributed by atoms with E-state index in [0.717, 1.165) is 46.3 Å². The molecule has 20 heavy (non-hydrogen) atoms. The Labute approximate surface area is 120 Å². The summed E-state index contributed by atoms with van der Waals surface area (Å²) in [6.45, 7) is 3.19. The molecule has 4 nitrogen and oxygen atoms in total. The van der Waals surface area contributed by atoms with Gasteiger partial charge >= 0.3 is 0 Å². The van der Waals surface area contributed by atoms with Crippen LogP contribution in [0.4, 0.5) is 0 Å². The van der Waals surface area contributed by atoms with Gasteiger partial charge in [-0.15, -0.1) is 0 Å². The van der Waals surface area contributed by atoms with Crippen LogP contribution in [0.5, 0.6) is 0 Å². The summed E-state index contributed by atoms with van der Waals surface area (Å²) in [5.41, 5.74) is 1.07. The lowest BCUT2D eigenvalue weighted by Gasteiger charge is -2.13. The standard InChI is InChI=1S/C15H15N3OS/c19-14-11-6-2-1-5-10(11)13-12(17-20-15(13)16-14)9-18-7-3-4-8-18/h1-2,5-6H,3-4,7-9H2,(H,16,19). The fourth-order valence-corrected chi connectivity index (χ4v) is 3.82. The van der Waals surface area contributed by atoms with Gasteiger partial charge in [0.05, 0.1) is 5.69 Å². The molecule has 0 unspecified atom stereocenters. The lowest BCUT2D eigenvalue weighted by molar-refractivity contribution is 0.329. The van der Waals surface area contributed by atoms with E-state index in [1.54, 1.807) is 0 Å². The molecule has 0 atom stereocenters. The molecule has 3 heterocycles. The summed E-state index contributed by atoms with van der Waals surface area (Å²) in [6, 6.07) is 7.79. The first kappa shape index (κ1) is 12.1. The Hall–Kier alpha value is -1.72. The van der Waals surface area contributed by atoms with E-state index >= 15 is 0 Å². The van der Waals surface area contributed by atoms with Gasteiger partial charge in [0.1, 0.15) is 4.83 Å². The number of nitrogens with one attached hydrogen (secondary N) is 1. The molecule has 1 fully saturated rings. The molecule has 1 aliphatic rings. The average molecular weight is 285 g/mol. The summed E-state index contributed by atoms with van der Waals surface area (Å²) < 4.78 is 4.58. The van der Waals surface area contributed by atoms with Gasteiger partial charge in [-0.2, -0.15) is 4.37 Å². The summed E-state index contributed by atoms with van der Waals surface area (Å²) in [7, 11) is 0. The third-order valence-corrected chi connectivity index (χ3v) is 4.80. The van der Waals surface area contributed by atoms with Crippen LogP contribution in [-0.4, -0.2) is 27.3 Å². The van der Waals surface area contributed by atoms with Crippen LogP contribution in [0.15, 0.2) is 29.1 Å². The van der Waals surface area contributed by atoms with Crippen molar-refractivity contribution in [1.82, 2.24) is 14.3 Å². The second-order valence-electron chi connectivity index (χ2n) is 5.32. The first-order valence-electron chi connectivity index (χ1n) is 6.94. The molecule has 2 aromatic heterocycles. The number of likely N-dealkylation sites (tertiary alicyclic amines) is 1. The predicted octanol–water partition coefficient (Wildman–Crippen LogP) is 2.73. The van der Waals surface area contributed by atoms with Crippen molar-refractivity contribution in [2.45, 2.75) is 19.4 Å². The molecule has 1 N–H and O–H groups in total. The molecule has 0 bridgehead atoms. The van der Waals surface area contributed by atoms with Gasteiger partial charge in [-0.25, -0.2) is 0 Å². The largest absolute Gasteiger partial charge is 0.312 e. The van der Waals surface area contributed by atoms with Crippen LogP contribution in [0.2, 0.25) is 0 Å². The van der Waals surface area contributed by atoms with E-state index in [1.807, 2.05) is 24.3 Å². The van der Waals surface area contributed by atoms with Gasteiger partial charge in [0, 0.05) is 17.3 Å². The lowest BCUT2D eigenvalue weighted by atomic mass is 10.1. The summed E-state index contributed by atoms with van der Waals surface area (Å²) >= 11 is 1.39. The smallest absolute Gasteiger partial charge is 0.256 e. The zero-order valence-electron chi connectivity index (χ0n) is 11.1. The number of fused-ring (bicyclic) bond motifs is 3. The van der Waals surface area contributed by atoms with Gasteiger partial charge < -0.3 is 4.98 Å². The molecule has 102 valence electrons. The Bertz CT molecular complexity index is 830. The molecule has 0 spiro atoms. The monoisotopic (exact) mass is 285 g/mol. The molecule has 4 rings (SSSR count). The molecule has 0 saturated carbocycles. The number of nitrogens with zero attached hydrogens (tertiary/aromatic N) is 2. The molecular weight excluding hydrogens is 270 g/mol.